The molecule has 2 saturated heterocycles. The van der Waals surface area contributed by atoms with Crippen molar-refractivity contribution in [2.24, 2.45) is 0 Å². The molecule has 8 heteroatoms. The van der Waals surface area contributed by atoms with Gasteiger partial charge >= 0.3 is 0 Å². The van der Waals surface area contributed by atoms with Crippen molar-refractivity contribution < 1.29 is 9.59 Å². The first kappa shape index (κ1) is 31.3. The minimum absolute atomic E-state index is 0.162. The first-order chi connectivity index (χ1) is 23.4. The van der Waals surface area contributed by atoms with Gasteiger partial charge in [0.05, 0.1) is 10.0 Å². The van der Waals surface area contributed by atoms with Gasteiger partial charge in [-0.2, -0.15) is 0 Å². The summed E-state index contributed by atoms with van der Waals surface area (Å²) in [6, 6.07) is 26.2. The molecule has 4 aromatic carbocycles. The van der Waals surface area contributed by atoms with Crippen molar-refractivity contribution in [1.82, 2.24) is 10.6 Å². The highest BCUT2D eigenvalue weighted by Crippen LogP contribution is 2.44. The van der Waals surface area contributed by atoms with Crippen LogP contribution in [-0.4, -0.2) is 50.1 Å². The normalized spacial score (nSPS) is 20.4. The third-order valence-electron chi connectivity index (χ3n) is 10.5. The van der Waals surface area contributed by atoms with E-state index in [-0.39, 0.29) is 23.9 Å². The van der Waals surface area contributed by atoms with Gasteiger partial charge in [-0.25, -0.2) is 0 Å². The molecular formula is C40H40Cl2N4O2. The average molecular weight is 680 g/mol. The Labute approximate surface area is 292 Å². The molecule has 2 N–H and O–H groups in total. The van der Waals surface area contributed by atoms with Crippen LogP contribution < -0.4 is 20.4 Å². The van der Waals surface area contributed by atoms with E-state index < -0.39 is 0 Å². The first-order valence-electron chi connectivity index (χ1n) is 17.3. The molecule has 2 fully saturated rings. The molecule has 0 bridgehead atoms. The van der Waals surface area contributed by atoms with E-state index in [2.05, 4.69) is 93.2 Å². The second-order valence-corrected chi connectivity index (χ2v) is 14.5. The smallest absolute Gasteiger partial charge is 0.220 e. The Morgan fingerprint density at radius 3 is 1.44 bits per heavy atom. The molecular weight excluding hydrogens is 639 g/mol. The number of fused-ring (bicyclic) bond motifs is 2. The molecule has 2 atom stereocenters. The number of benzene rings is 4. The highest BCUT2D eigenvalue weighted by atomic mass is 35.5. The molecule has 246 valence electrons. The van der Waals surface area contributed by atoms with Gasteiger partial charge in [0.15, 0.2) is 0 Å². The van der Waals surface area contributed by atoms with E-state index in [9.17, 15) is 9.59 Å². The molecule has 2 amide bonds. The SMILES string of the molecule is O=C1CC[C@@H](CN2CCCc3cc(-c4cccc(-c5cccc(-c6ccc7c(c6)CCCN7C[C@@H]6CCC(=O)N6)c5Cl)c4Cl)ccc32)N1. The van der Waals surface area contributed by atoms with E-state index in [0.29, 0.717) is 22.9 Å². The Morgan fingerprint density at radius 1 is 0.583 bits per heavy atom. The van der Waals surface area contributed by atoms with Crippen LogP contribution >= 0.6 is 23.2 Å². The zero-order valence-electron chi connectivity index (χ0n) is 27.0. The molecule has 8 rings (SSSR count). The van der Waals surface area contributed by atoms with Crippen LogP contribution in [-0.2, 0) is 22.4 Å². The van der Waals surface area contributed by atoms with E-state index in [4.69, 9.17) is 23.2 Å². The van der Waals surface area contributed by atoms with Crippen LogP contribution in [0.2, 0.25) is 10.0 Å². The largest absolute Gasteiger partial charge is 0.369 e. The predicted molar refractivity (Wildman–Crippen MR) is 196 cm³/mol. The molecule has 4 aliphatic rings. The molecule has 4 aromatic rings. The van der Waals surface area contributed by atoms with Crippen LogP contribution in [0.4, 0.5) is 11.4 Å². The minimum Gasteiger partial charge on any atom is -0.369 e. The van der Waals surface area contributed by atoms with Gasteiger partial charge in [-0.1, -0.05) is 71.7 Å². The summed E-state index contributed by atoms with van der Waals surface area (Å²) in [4.78, 5) is 28.4. The molecule has 0 spiro atoms. The molecule has 4 heterocycles. The van der Waals surface area contributed by atoms with Crippen molar-refractivity contribution in [3.8, 4) is 33.4 Å². The molecule has 0 unspecified atom stereocenters. The lowest BCUT2D eigenvalue weighted by Gasteiger charge is -2.33. The Morgan fingerprint density at radius 2 is 1.02 bits per heavy atom. The van der Waals surface area contributed by atoms with Crippen LogP contribution in [0.15, 0.2) is 72.8 Å². The van der Waals surface area contributed by atoms with Crippen LogP contribution in [0.3, 0.4) is 0 Å². The molecule has 6 nitrogen and oxygen atoms in total. The molecule has 48 heavy (non-hydrogen) atoms. The predicted octanol–water partition coefficient (Wildman–Crippen LogP) is 8.06. The molecule has 0 radical (unpaired) electrons. The Hall–Kier alpha value is -4.00. The quantitative estimate of drug-likeness (QED) is 0.208. The summed E-state index contributed by atoms with van der Waals surface area (Å²) in [6.07, 6.45) is 7.29. The zero-order valence-corrected chi connectivity index (χ0v) is 28.5. The number of carbonyl (C=O) groups excluding carboxylic acids is 2. The number of halogens is 2. The number of hydrogen-bond acceptors (Lipinski definition) is 4. The first-order valence-corrected chi connectivity index (χ1v) is 18.1. The van der Waals surface area contributed by atoms with Crippen molar-refractivity contribution in [3.05, 3.63) is 94.0 Å². The zero-order chi connectivity index (χ0) is 32.8. The number of anilines is 2. The summed E-state index contributed by atoms with van der Waals surface area (Å²) in [6.45, 7) is 3.72. The minimum atomic E-state index is 0.162. The fourth-order valence-electron chi connectivity index (χ4n) is 8.15. The van der Waals surface area contributed by atoms with Gasteiger partial charge in [0.1, 0.15) is 0 Å². The maximum Gasteiger partial charge on any atom is 0.220 e. The van der Waals surface area contributed by atoms with Crippen LogP contribution in [0.25, 0.3) is 33.4 Å². The van der Waals surface area contributed by atoms with Gasteiger partial charge in [-0.3, -0.25) is 9.59 Å². The molecule has 0 saturated carbocycles. The number of hydrogen-bond donors (Lipinski definition) is 2. The summed E-state index contributed by atoms with van der Waals surface area (Å²) < 4.78 is 0. The van der Waals surface area contributed by atoms with Crippen LogP contribution in [0, 0.1) is 0 Å². The Bertz CT molecular complexity index is 1770. The summed E-state index contributed by atoms with van der Waals surface area (Å²) in [7, 11) is 0. The monoisotopic (exact) mass is 678 g/mol. The van der Waals surface area contributed by atoms with Crippen molar-refractivity contribution in [3.63, 3.8) is 0 Å². The summed E-state index contributed by atoms with van der Waals surface area (Å²) in [5.74, 6) is 0.324. The highest BCUT2D eigenvalue weighted by Gasteiger charge is 2.28. The topological polar surface area (TPSA) is 64.7 Å². The number of nitrogens with zero attached hydrogens (tertiary/aromatic N) is 2. The van der Waals surface area contributed by atoms with Crippen LogP contribution in [0.5, 0.6) is 0 Å². The van der Waals surface area contributed by atoms with Gasteiger partial charge in [0.25, 0.3) is 0 Å². The third-order valence-corrected chi connectivity index (χ3v) is 11.4. The fraction of sp³-hybridized carbons (Fsp3) is 0.350. The summed E-state index contributed by atoms with van der Waals surface area (Å²) >= 11 is 14.5. The lowest BCUT2D eigenvalue weighted by Crippen LogP contribution is -2.41. The summed E-state index contributed by atoms with van der Waals surface area (Å²) in [5, 5.41) is 7.63. The summed E-state index contributed by atoms with van der Waals surface area (Å²) in [5.41, 5.74) is 11.2. The molecule has 0 aromatic heterocycles. The standard InChI is InChI=1S/C40H40Cl2N4O2/c41-39-31(25-11-15-35-27(21-25)5-3-19-45(35)23-29-13-17-37(47)43-29)7-1-9-33(39)34-10-2-8-32(40(34)42)26-12-16-36-28(22-26)6-4-20-46(36)24-30-14-18-38(48)44-30/h1-2,7-12,15-16,21-22,29-30H,3-6,13-14,17-20,23-24H2,(H,43,47)(H,44,48)/t29-,30-/m0/s1. The van der Waals surface area contributed by atoms with E-state index in [1.165, 1.54) is 22.5 Å². The number of rotatable bonds is 7. The number of amides is 2. The lowest BCUT2D eigenvalue weighted by atomic mass is 9.92. The van der Waals surface area contributed by atoms with E-state index in [1.54, 1.807) is 0 Å². The Kier molecular flexibility index (Phi) is 8.56. The van der Waals surface area contributed by atoms with Crippen molar-refractivity contribution in [1.29, 1.82) is 0 Å². The van der Waals surface area contributed by atoms with Crippen molar-refractivity contribution in [2.75, 3.05) is 36.0 Å². The number of nitrogens with one attached hydrogen (secondary N) is 2. The molecule has 0 aliphatic carbocycles. The van der Waals surface area contributed by atoms with E-state index in [0.717, 1.165) is 98.1 Å². The maximum atomic E-state index is 11.8. The fourth-order valence-corrected chi connectivity index (χ4v) is 8.82. The third kappa shape index (κ3) is 6.05. The second kappa shape index (κ2) is 13.1. The highest BCUT2D eigenvalue weighted by molar-refractivity contribution is 6.39. The van der Waals surface area contributed by atoms with Gasteiger partial charge in [-0.15, -0.1) is 0 Å². The van der Waals surface area contributed by atoms with Crippen molar-refractivity contribution >= 4 is 46.4 Å². The van der Waals surface area contributed by atoms with Gasteiger partial charge < -0.3 is 20.4 Å². The van der Waals surface area contributed by atoms with Gasteiger partial charge in [0.2, 0.25) is 11.8 Å². The molecule has 4 aliphatic heterocycles. The maximum absolute atomic E-state index is 11.8. The average Bonchev–Trinajstić information content (AvgIpc) is 3.71. The van der Waals surface area contributed by atoms with E-state index in [1.807, 2.05) is 0 Å². The Balaban J connectivity index is 1.06. The van der Waals surface area contributed by atoms with Gasteiger partial charge in [-0.05, 0) is 85.0 Å². The van der Waals surface area contributed by atoms with Crippen molar-refractivity contribution in [2.45, 2.75) is 63.5 Å². The van der Waals surface area contributed by atoms with Crippen LogP contribution in [0.1, 0.15) is 49.7 Å². The number of aryl methyl sites for hydroxylation is 2. The van der Waals surface area contributed by atoms with Gasteiger partial charge in [0, 0.05) is 84.7 Å². The van der Waals surface area contributed by atoms with E-state index >= 15 is 0 Å². The number of carbonyl (C=O) groups is 2. The second-order valence-electron chi connectivity index (χ2n) is 13.7. The lowest BCUT2D eigenvalue weighted by molar-refractivity contribution is -0.120.